The molecule has 6 nitrogen and oxygen atoms in total. The van der Waals surface area contributed by atoms with E-state index < -0.39 is 17.9 Å². The van der Waals surface area contributed by atoms with Crippen molar-refractivity contribution in [2.24, 2.45) is 5.92 Å². The number of rotatable bonds is 6. The number of carbonyl (C=O) groups is 2. The maximum absolute atomic E-state index is 12.1. The summed E-state index contributed by atoms with van der Waals surface area (Å²) >= 11 is 1.28. The monoisotopic (exact) mass is 322 g/mol. The molecule has 0 aliphatic carbocycles. The Morgan fingerprint density at radius 1 is 1.41 bits per heavy atom. The summed E-state index contributed by atoms with van der Waals surface area (Å²) in [5.74, 6) is -0.00549. The van der Waals surface area contributed by atoms with Gasteiger partial charge in [0.1, 0.15) is 17.5 Å². The number of hydrogen-bond acceptors (Lipinski definition) is 5. The van der Waals surface area contributed by atoms with Gasteiger partial charge in [0.05, 0.1) is 0 Å². The predicted molar refractivity (Wildman–Crippen MR) is 82.9 cm³/mol. The summed E-state index contributed by atoms with van der Waals surface area (Å²) in [6.07, 6.45) is 0.370. The third kappa shape index (κ3) is 3.94. The van der Waals surface area contributed by atoms with Gasteiger partial charge in [0, 0.05) is 5.38 Å². The van der Waals surface area contributed by atoms with Crippen molar-refractivity contribution in [1.82, 2.24) is 10.3 Å². The lowest BCUT2D eigenvalue weighted by Gasteiger charge is -2.15. The lowest BCUT2D eigenvalue weighted by molar-refractivity contribution is -0.139. The molecule has 0 bridgehead atoms. The van der Waals surface area contributed by atoms with E-state index in [1.807, 2.05) is 26.8 Å². The molecule has 22 heavy (non-hydrogen) atoms. The fraction of sp³-hybridized carbons (Fsp3) is 0.400. The first-order chi connectivity index (χ1) is 10.4. The SMILES string of the molecule is Cc1ccc(-c2nc(C(=O)N[C@@H](CC(C)C)C(=O)O)cs2)o1. The van der Waals surface area contributed by atoms with Gasteiger partial charge in [-0.1, -0.05) is 13.8 Å². The van der Waals surface area contributed by atoms with Crippen LogP contribution in [0.4, 0.5) is 0 Å². The Bertz CT molecular complexity index is 675. The molecule has 2 rings (SSSR count). The number of furan rings is 1. The summed E-state index contributed by atoms with van der Waals surface area (Å²) in [4.78, 5) is 27.5. The first-order valence-electron chi connectivity index (χ1n) is 6.93. The summed E-state index contributed by atoms with van der Waals surface area (Å²) < 4.78 is 5.46. The number of nitrogens with zero attached hydrogens (tertiary/aromatic N) is 1. The second-order valence-electron chi connectivity index (χ2n) is 5.44. The van der Waals surface area contributed by atoms with Gasteiger partial charge in [0.15, 0.2) is 10.8 Å². The van der Waals surface area contributed by atoms with Crippen LogP contribution in [0.3, 0.4) is 0 Å². The lowest BCUT2D eigenvalue weighted by atomic mass is 10.0. The number of aliphatic carboxylic acids is 1. The molecule has 2 aromatic heterocycles. The zero-order valence-electron chi connectivity index (χ0n) is 12.6. The van der Waals surface area contributed by atoms with Gasteiger partial charge in [-0.15, -0.1) is 11.3 Å². The van der Waals surface area contributed by atoms with Gasteiger partial charge in [-0.05, 0) is 31.4 Å². The number of aromatic nitrogens is 1. The number of carbonyl (C=O) groups excluding carboxylic acids is 1. The fourth-order valence-corrected chi connectivity index (χ4v) is 2.73. The highest BCUT2D eigenvalue weighted by atomic mass is 32.1. The van der Waals surface area contributed by atoms with Crippen molar-refractivity contribution in [2.75, 3.05) is 0 Å². The van der Waals surface area contributed by atoms with Crippen molar-refractivity contribution in [3.63, 3.8) is 0 Å². The zero-order valence-corrected chi connectivity index (χ0v) is 13.4. The minimum Gasteiger partial charge on any atom is -0.480 e. The maximum Gasteiger partial charge on any atom is 0.326 e. The second-order valence-corrected chi connectivity index (χ2v) is 6.30. The Morgan fingerprint density at radius 2 is 2.14 bits per heavy atom. The van der Waals surface area contributed by atoms with Crippen molar-refractivity contribution in [3.8, 4) is 10.8 Å². The smallest absolute Gasteiger partial charge is 0.326 e. The van der Waals surface area contributed by atoms with Crippen LogP contribution in [0.25, 0.3) is 10.8 Å². The molecule has 0 fully saturated rings. The van der Waals surface area contributed by atoms with Crippen molar-refractivity contribution in [2.45, 2.75) is 33.2 Å². The minimum absolute atomic E-state index is 0.165. The number of thiazole rings is 1. The van der Waals surface area contributed by atoms with Crippen LogP contribution in [-0.2, 0) is 4.79 Å². The standard InChI is InChI=1S/C15H18N2O4S/c1-8(2)6-10(15(19)20)16-13(18)11-7-22-14(17-11)12-5-4-9(3)21-12/h4-5,7-8,10H,6H2,1-3H3,(H,16,18)(H,19,20)/t10-/m0/s1. The van der Waals surface area contributed by atoms with Crippen molar-refractivity contribution >= 4 is 23.2 Å². The summed E-state index contributed by atoms with van der Waals surface area (Å²) in [7, 11) is 0. The molecule has 1 atom stereocenters. The number of nitrogens with one attached hydrogen (secondary N) is 1. The summed E-state index contributed by atoms with van der Waals surface area (Å²) in [6, 6.07) is 2.69. The first kappa shape index (κ1) is 16.2. The van der Waals surface area contributed by atoms with E-state index >= 15 is 0 Å². The Hall–Kier alpha value is -2.15. The van der Waals surface area contributed by atoms with Gasteiger partial charge in [-0.25, -0.2) is 9.78 Å². The van der Waals surface area contributed by atoms with Gasteiger partial charge in [-0.2, -0.15) is 0 Å². The quantitative estimate of drug-likeness (QED) is 0.853. The van der Waals surface area contributed by atoms with Gasteiger partial charge in [0.25, 0.3) is 5.91 Å². The highest BCUT2D eigenvalue weighted by Crippen LogP contribution is 2.25. The van der Waals surface area contributed by atoms with E-state index in [4.69, 9.17) is 9.52 Å². The molecule has 2 N–H and O–H groups in total. The Labute approximate surface area is 132 Å². The van der Waals surface area contributed by atoms with Crippen LogP contribution in [0.1, 0.15) is 36.5 Å². The highest BCUT2D eigenvalue weighted by molar-refractivity contribution is 7.13. The van der Waals surface area contributed by atoms with E-state index in [-0.39, 0.29) is 11.6 Å². The summed E-state index contributed by atoms with van der Waals surface area (Å²) in [5.41, 5.74) is 0.198. The summed E-state index contributed by atoms with van der Waals surface area (Å²) in [5, 5.41) is 13.9. The number of carboxylic acid groups (broad SMARTS) is 1. The van der Waals surface area contributed by atoms with Crippen LogP contribution in [0.2, 0.25) is 0 Å². The topological polar surface area (TPSA) is 92.4 Å². The fourth-order valence-electron chi connectivity index (χ4n) is 1.97. The van der Waals surface area contributed by atoms with E-state index in [0.717, 1.165) is 5.76 Å². The lowest BCUT2D eigenvalue weighted by Crippen LogP contribution is -2.41. The molecule has 0 saturated heterocycles. The molecule has 7 heteroatoms. The molecule has 118 valence electrons. The van der Waals surface area contributed by atoms with Crippen LogP contribution >= 0.6 is 11.3 Å². The van der Waals surface area contributed by atoms with Crippen LogP contribution < -0.4 is 5.32 Å². The molecule has 0 saturated carbocycles. The van der Waals surface area contributed by atoms with Gasteiger partial charge in [-0.3, -0.25) is 4.79 Å². The predicted octanol–water partition coefficient (Wildman–Crippen LogP) is 2.94. The number of hydrogen-bond donors (Lipinski definition) is 2. The third-order valence-electron chi connectivity index (χ3n) is 3.00. The number of amides is 1. The normalized spacial score (nSPS) is 12.4. The molecule has 0 radical (unpaired) electrons. The second kappa shape index (κ2) is 6.74. The van der Waals surface area contributed by atoms with Crippen molar-refractivity contribution in [1.29, 1.82) is 0 Å². The van der Waals surface area contributed by atoms with E-state index in [1.165, 1.54) is 11.3 Å². The Kier molecular flexibility index (Phi) is 4.97. The molecule has 0 aliphatic heterocycles. The number of aryl methyl sites for hydroxylation is 1. The molecule has 1 amide bonds. The van der Waals surface area contributed by atoms with Gasteiger partial charge >= 0.3 is 5.97 Å². The maximum atomic E-state index is 12.1. The van der Waals surface area contributed by atoms with E-state index in [9.17, 15) is 9.59 Å². The van der Waals surface area contributed by atoms with E-state index in [2.05, 4.69) is 10.3 Å². The zero-order chi connectivity index (χ0) is 16.3. The molecule has 2 heterocycles. The molecular formula is C15H18N2O4S. The minimum atomic E-state index is -1.04. The van der Waals surface area contributed by atoms with Gasteiger partial charge in [0.2, 0.25) is 0 Å². The van der Waals surface area contributed by atoms with Crippen LogP contribution in [0, 0.1) is 12.8 Å². The van der Waals surface area contributed by atoms with Crippen molar-refractivity contribution < 1.29 is 19.1 Å². The third-order valence-corrected chi connectivity index (χ3v) is 3.86. The molecule has 0 unspecified atom stereocenters. The van der Waals surface area contributed by atoms with Crippen LogP contribution in [-0.4, -0.2) is 28.0 Å². The molecule has 2 aromatic rings. The Balaban J connectivity index is 2.09. The van der Waals surface area contributed by atoms with Crippen LogP contribution in [0.15, 0.2) is 21.9 Å². The van der Waals surface area contributed by atoms with Crippen LogP contribution in [0.5, 0.6) is 0 Å². The van der Waals surface area contributed by atoms with Crippen molar-refractivity contribution in [3.05, 3.63) is 29.0 Å². The molecule has 0 aromatic carbocycles. The average Bonchev–Trinajstić information content (AvgIpc) is 3.05. The average molecular weight is 322 g/mol. The van der Waals surface area contributed by atoms with Gasteiger partial charge < -0.3 is 14.8 Å². The molecule has 0 aliphatic rings. The highest BCUT2D eigenvalue weighted by Gasteiger charge is 2.23. The molecular weight excluding hydrogens is 304 g/mol. The van der Waals surface area contributed by atoms with E-state index in [0.29, 0.717) is 17.2 Å². The van der Waals surface area contributed by atoms with E-state index in [1.54, 1.807) is 11.4 Å². The largest absolute Gasteiger partial charge is 0.480 e. The Morgan fingerprint density at radius 3 is 2.68 bits per heavy atom. The number of carboxylic acids is 1. The summed E-state index contributed by atoms with van der Waals surface area (Å²) in [6.45, 7) is 5.64. The molecule has 0 spiro atoms. The first-order valence-corrected chi connectivity index (χ1v) is 7.80.